The van der Waals surface area contributed by atoms with E-state index in [1.165, 1.54) is 31.7 Å². The molecule has 564 valence electrons. The van der Waals surface area contributed by atoms with Gasteiger partial charge in [0.25, 0.3) is 11.4 Å². The fourth-order valence-corrected chi connectivity index (χ4v) is 13.4. The largest absolute Gasteiger partial charge is 0.549 e. The number of halogens is 1. The van der Waals surface area contributed by atoms with Crippen molar-refractivity contribution in [1.29, 1.82) is 0 Å². The molecule has 33 nitrogen and oxygen atoms in total. The molecule has 1 unspecified atom stereocenters. The molecule has 1 saturated heterocycles. The average Bonchev–Trinajstić information content (AvgIpc) is 0.795. The van der Waals surface area contributed by atoms with Crippen LogP contribution in [-0.4, -0.2) is 271 Å². The predicted molar refractivity (Wildman–Crippen MR) is 359 cm³/mol. The number of nitrogens with one attached hydrogen (secondary N) is 7. The number of carboxylic acid groups (broad SMARTS) is 8. The molecule has 100 heavy (non-hydrogen) atoms. The molecule has 7 atom stereocenters. The summed E-state index contributed by atoms with van der Waals surface area (Å²) in [5, 5.41) is 96.8. The third kappa shape index (κ3) is 36.7. The Balaban J connectivity index is 2.09. The zero-order valence-corrected chi connectivity index (χ0v) is 58.8. The minimum atomic E-state index is -1.65. The zero-order valence-electron chi connectivity index (χ0n) is 58.0. The van der Waals surface area contributed by atoms with Gasteiger partial charge in [-0.15, -0.1) is 0 Å². The lowest BCUT2D eigenvalue weighted by Crippen LogP contribution is -2.56. The van der Waals surface area contributed by atoms with Gasteiger partial charge in [0.15, 0.2) is 4.90 Å². The summed E-state index contributed by atoms with van der Waals surface area (Å²) in [5.41, 5.74) is -1.84. The van der Waals surface area contributed by atoms with Gasteiger partial charge >= 0.3 is 47.8 Å². The molecule has 1 aliphatic heterocycles. The van der Waals surface area contributed by atoms with Gasteiger partial charge in [-0.2, -0.15) is 4.39 Å². The van der Waals surface area contributed by atoms with Crippen LogP contribution in [0.3, 0.4) is 0 Å². The van der Waals surface area contributed by atoms with E-state index >= 15 is 4.39 Å². The van der Waals surface area contributed by atoms with E-state index in [9.17, 15) is 103 Å². The number of unbranched alkanes of at least 4 members (excludes halogenated alkanes) is 5. The van der Waals surface area contributed by atoms with Crippen LogP contribution in [-0.2, 0) is 68.4 Å². The minimum Gasteiger partial charge on any atom is -0.549 e. The monoisotopic (exact) mass is 1440 g/mol. The molecule has 14 N–H and O–H groups in total. The third-order valence-corrected chi connectivity index (χ3v) is 19.3. The Morgan fingerprint density at radius 2 is 0.910 bits per heavy atom. The number of amides is 7. The summed E-state index contributed by atoms with van der Waals surface area (Å²) in [6, 6.07) is -2.20. The van der Waals surface area contributed by atoms with Crippen molar-refractivity contribution in [2.45, 2.75) is 196 Å². The maximum absolute atomic E-state index is 16.0. The van der Waals surface area contributed by atoms with E-state index < -0.39 is 167 Å². The smallest absolute Gasteiger partial charge is 0.326 e. The number of carboxylic acids is 8. The van der Waals surface area contributed by atoms with Crippen LogP contribution in [0, 0.1) is 5.41 Å². The lowest BCUT2D eigenvalue weighted by atomic mass is 9.99. The summed E-state index contributed by atoms with van der Waals surface area (Å²) >= 11 is 0. The van der Waals surface area contributed by atoms with Crippen LogP contribution in [0.4, 0.5) is 9.18 Å². The second-order valence-corrected chi connectivity index (χ2v) is 29.4. The Morgan fingerprint density at radius 3 is 1.32 bits per heavy atom. The van der Waals surface area contributed by atoms with Gasteiger partial charge in [0.1, 0.15) is 35.0 Å². The van der Waals surface area contributed by atoms with E-state index in [4.69, 9.17) is 5.11 Å². The van der Waals surface area contributed by atoms with Gasteiger partial charge in [-0.25, -0.2) is 19.2 Å². The molecule has 1 aromatic rings. The van der Waals surface area contributed by atoms with Crippen molar-refractivity contribution in [3.8, 4) is 0 Å². The number of benzene rings is 1. The normalized spacial score (nSPS) is 16.0. The fraction of sp³-hybridized carbons (Fsp3) is 0.692. The Hall–Kier alpha value is -8.28. The van der Waals surface area contributed by atoms with Crippen LogP contribution in [0.15, 0.2) is 29.2 Å². The van der Waals surface area contributed by atoms with Crippen molar-refractivity contribution in [2.24, 2.45) is 5.41 Å². The first-order chi connectivity index (χ1) is 46.9. The fourth-order valence-electron chi connectivity index (χ4n) is 10.7. The first-order valence-corrected chi connectivity index (χ1v) is 34.8. The van der Waals surface area contributed by atoms with E-state index in [1.807, 2.05) is 20.8 Å². The number of alkyl halides is 1. The standard InChI is InChI=1S/C65H104FN11O22S/c1-64(2,3)62(66)100(65(4,5)6)43-24-22-42(23-25-43)56(89)69-38-47(70-51(80)27-26-48(61(97)98)77-36-34-75(40-54(85)86)32-30-74(39-53(83)84)31-33-76(35-37-77)41-55(87)88)57(90)71-44(58(91)92)16-11-13-28-67-49(78)19-9-7-8-10-20-50(79)68-29-14-12-17-45(59(93)94)72-63(99)73-46(60(95)96)18-15-21-52(81)82/h22-25,44-48,62H,7-21,26-41H2,1-6H3,(H14-,67,68,69,70,71,72,73,78,79,80,81,82,83,84,85,86,87,88,89,90,91,92,93,94,95,96,97,98,99)/t44-,45+,46+,47+,48-,62-,100?/m1/s1. The van der Waals surface area contributed by atoms with Crippen LogP contribution in [0.1, 0.15) is 161 Å². The van der Waals surface area contributed by atoms with Crippen molar-refractivity contribution < 1.29 is 112 Å². The summed E-state index contributed by atoms with van der Waals surface area (Å²) in [6.07, 6.45) is 2.09. The van der Waals surface area contributed by atoms with Crippen molar-refractivity contribution in [3.05, 3.63) is 29.8 Å². The van der Waals surface area contributed by atoms with Crippen molar-refractivity contribution in [1.82, 2.24) is 56.8 Å². The topological polar surface area (TPSA) is 501 Å². The van der Waals surface area contributed by atoms with Crippen LogP contribution in [0.25, 0.3) is 0 Å². The molecule has 0 spiro atoms. The summed E-state index contributed by atoms with van der Waals surface area (Å²) < 4.78 is 15.5. The highest BCUT2D eigenvalue weighted by atomic mass is 32.2. The summed E-state index contributed by atoms with van der Waals surface area (Å²) in [4.78, 5) is 180. The zero-order chi connectivity index (χ0) is 75.3. The molecule has 1 fully saturated rings. The molecular formula is C65H104FN11O22S. The molecule has 35 heteroatoms. The van der Waals surface area contributed by atoms with E-state index in [2.05, 4.69) is 37.2 Å². The Bertz CT molecular complexity index is 2850. The number of rotatable bonds is 45. The van der Waals surface area contributed by atoms with Gasteiger partial charge in [-0.05, 0) is 116 Å². The van der Waals surface area contributed by atoms with E-state index in [-0.39, 0.29) is 147 Å². The maximum atomic E-state index is 16.0. The lowest BCUT2D eigenvalue weighted by molar-refractivity contribution is -0.306. The quantitative estimate of drug-likeness (QED) is 0.0309. The summed E-state index contributed by atoms with van der Waals surface area (Å²) in [5.74, 6) is -13.8. The molecule has 7 amide bonds. The van der Waals surface area contributed by atoms with Crippen molar-refractivity contribution >= 4 is 94.2 Å². The first-order valence-electron chi connectivity index (χ1n) is 33.5. The molecular weight excluding hydrogens is 1340 g/mol. The van der Waals surface area contributed by atoms with Crippen LogP contribution >= 0.6 is 0 Å². The molecule has 0 aromatic heterocycles. The maximum Gasteiger partial charge on any atom is 0.326 e. The molecule has 1 heterocycles. The minimum absolute atomic E-state index is 0.0160. The van der Waals surface area contributed by atoms with Gasteiger partial charge in [0.05, 0.1) is 30.0 Å². The highest BCUT2D eigenvalue weighted by molar-refractivity contribution is 7.98. The van der Waals surface area contributed by atoms with E-state index in [1.54, 1.807) is 32.9 Å². The number of urea groups is 1. The van der Waals surface area contributed by atoms with Crippen LogP contribution in [0.2, 0.25) is 0 Å². The van der Waals surface area contributed by atoms with Gasteiger partial charge in [-0.3, -0.25) is 62.8 Å². The van der Waals surface area contributed by atoms with Gasteiger partial charge in [0, 0.05) is 115 Å². The number of hydrogen-bond acceptors (Lipinski definition) is 19. The number of carbonyl (C=O) groups excluding carboxylic acids is 7. The predicted octanol–water partition coefficient (Wildman–Crippen LogP) is 0.336. The van der Waals surface area contributed by atoms with Gasteiger partial charge < -0.3 is 82.9 Å². The van der Waals surface area contributed by atoms with Crippen LogP contribution < -0.4 is 42.3 Å². The van der Waals surface area contributed by atoms with Gasteiger partial charge in [-0.1, -0.05) is 33.6 Å². The highest BCUT2D eigenvalue weighted by Crippen LogP contribution is 2.40. The molecule has 0 bridgehead atoms. The van der Waals surface area contributed by atoms with Crippen molar-refractivity contribution in [2.75, 3.05) is 91.6 Å². The van der Waals surface area contributed by atoms with Gasteiger partial charge in [0.2, 0.25) is 23.6 Å². The number of hydrogen-bond donors (Lipinski definition) is 14. The summed E-state index contributed by atoms with van der Waals surface area (Å²) in [6.45, 7) is 9.27. The van der Waals surface area contributed by atoms with Crippen molar-refractivity contribution in [3.63, 3.8) is 0 Å². The molecule has 0 radical (unpaired) electrons. The molecule has 1 aliphatic rings. The second-order valence-electron chi connectivity index (χ2n) is 26.6. The lowest BCUT2D eigenvalue weighted by Gasteiger charge is -2.35. The second kappa shape index (κ2) is 45.5. The number of carbonyl (C=O) groups is 14. The third-order valence-electron chi connectivity index (χ3n) is 16.1. The molecule has 0 saturated carbocycles. The SMILES string of the molecule is CC(C)(C)[C@H](F)[S+](c1ccc(C(=O)NC[C@H](NC(=O)CC[C@H](C(=O)O)N2CCN(CC(=O)[O-])CCN(CC(=O)O)CCN(CC(=O)O)CC2)C(=O)N[C@H](CCCCNC(=O)CCCCCCC(=O)NCCCC[C@H](NC(=O)N[C@@H](CCCC(=O)O)C(=O)O)C(=O)O)C(=O)O)cc1)C(C)(C)C. The van der Waals surface area contributed by atoms with Crippen LogP contribution in [0.5, 0.6) is 0 Å². The molecule has 0 aliphatic carbocycles. The first kappa shape index (κ1) is 87.8. The number of nitrogens with zero attached hydrogens (tertiary/aromatic N) is 4. The Kier molecular flexibility index (Phi) is 39.9. The molecule has 1 aromatic carbocycles. The highest BCUT2D eigenvalue weighted by Gasteiger charge is 2.49. The Morgan fingerprint density at radius 1 is 0.470 bits per heavy atom. The van der Waals surface area contributed by atoms with E-state index in [0.717, 1.165) is 0 Å². The van der Waals surface area contributed by atoms with E-state index in [0.29, 0.717) is 37.0 Å². The summed E-state index contributed by atoms with van der Waals surface area (Å²) in [7, 11) is -0.926. The average molecular weight is 1440 g/mol. The Labute approximate surface area is 584 Å². The molecule has 2 rings (SSSR count). The number of aliphatic carboxylic acids is 8.